The van der Waals surface area contributed by atoms with Crippen molar-refractivity contribution in [2.75, 3.05) is 5.73 Å². The van der Waals surface area contributed by atoms with Gasteiger partial charge in [0.2, 0.25) is 0 Å². The molecule has 0 radical (unpaired) electrons. The number of aryl methyl sites for hydroxylation is 1. The van der Waals surface area contributed by atoms with Gasteiger partial charge >= 0.3 is 0 Å². The molecular formula is C12H11N3S. The molecule has 0 saturated carbocycles. The topological polar surface area (TPSA) is 54.7 Å². The van der Waals surface area contributed by atoms with Gasteiger partial charge < -0.3 is 10.7 Å². The Bertz CT molecular complexity index is 638. The van der Waals surface area contributed by atoms with E-state index in [-0.39, 0.29) is 0 Å². The molecule has 0 amide bonds. The number of aromatic nitrogens is 2. The molecule has 16 heavy (non-hydrogen) atoms. The number of fused-ring (bicyclic) bond motifs is 1. The first-order valence-corrected chi connectivity index (χ1v) is 5.91. The lowest BCUT2D eigenvalue weighted by atomic mass is 10.1. The van der Waals surface area contributed by atoms with Gasteiger partial charge in [0.25, 0.3) is 0 Å². The van der Waals surface area contributed by atoms with Gasteiger partial charge in [-0.1, -0.05) is 0 Å². The third-order valence-corrected chi connectivity index (χ3v) is 3.37. The minimum atomic E-state index is 0.790. The Morgan fingerprint density at radius 2 is 2.19 bits per heavy atom. The van der Waals surface area contributed by atoms with Crippen LogP contribution in [0.4, 0.5) is 5.69 Å². The molecule has 80 valence electrons. The molecule has 0 spiro atoms. The molecule has 1 aromatic carbocycles. The van der Waals surface area contributed by atoms with Crippen LogP contribution in [0.15, 0.2) is 29.8 Å². The minimum Gasteiger partial charge on any atom is -0.397 e. The summed E-state index contributed by atoms with van der Waals surface area (Å²) in [6, 6.07) is 6.20. The molecular weight excluding hydrogens is 218 g/mol. The normalized spacial score (nSPS) is 11.1. The fourth-order valence-electron chi connectivity index (χ4n) is 1.90. The van der Waals surface area contributed by atoms with Gasteiger partial charge in [-0.3, -0.25) is 0 Å². The Morgan fingerprint density at radius 1 is 1.31 bits per heavy atom. The smallest absolute Gasteiger partial charge is 0.139 e. The zero-order valence-electron chi connectivity index (χ0n) is 8.82. The van der Waals surface area contributed by atoms with Crippen LogP contribution in [0.2, 0.25) is 0 Å². The zero-order chi connectivity index (χ0) is 11.1. The van der Waals surface area contributed by atoms with Gasteiger partial charge in [-0.05, 0) is 30.7 Å². The van der Waals surface area contributed by atoms with Crippen LogP contribution in [0.1, 0.15) is 5.56 Å². The number of nitrogens with two attached hydrogens (primary N) is 1. The minimum absolute atomic E-state index is 0.790. The summed E-state index contributed by atoms with van der Waals surface area (Å²) in [5.74, 6) is 0. The number of rotatable bonds is 1. The van der Waals surface area contributed by atoms with Gasteiger partial charge in [0.15, 0.2) is 0 Å². The average molecular weight is 229 g/mol. The molecule has 0 fully saturated rings. The first-order valence-electron chi connectivity index (χ1n) is 5.03. The Balaban J connectivity index is 2.27. The number of nitrogens with one attached hydrogen (secondary N) is 1. The van der Waals surface area contributed by atoms with Gasteiger partial charge in [-0.2, -0.15) is 0 Å². The highest BCUT2D eigenvalue weighted by atomic mass is 32.1. The molecule has 2 heterocycles. The van der Waals surface area contributed by atoms with Crippen LogP contribution < -0.4 is 5.73 Å². The summed E-state index contributed by atoms with van der Waals surface area (Å²) in [6.45, 7) is 2.05. The van der Waals surface area contributed by atoms with Crippen molar-refractivity contribution >= 4 is 27.9 Å². The van der Waals surface area contributed by atoms with Gasteiger partial charge in [0, 0.05) is 17.0 Å². The van der Waals surface area contributed by atoms with E-state index >= 15 is 0 Å². The molecule has 3 nitrogen and oxygen atoms in total. The molecule has 4 heteroatoms. The Labute approximate surface area is 96.9 Å². The number of nitrogens with zero attached hydrogens (tertiary/aromatic N) is 1. The highest BCUT2D eigenvalue weighted by molar-refractivity contribution is 7.13. The summed E-state index contributed by atoms with van der Waals surface area (Å²) >= 11 is 1.62. The van der Waals surface area contributed by atoms with Crippen molar-refractivity contribution in [3.63, 3.8) is 0 Å². The Hall–Kier alpha value is -1.81. The first kappa shape index (κ1) is 9.42. The fraction of sp³-hybridized carbons (Fsp3) is 0.0833. The van der Waals surface area contributed by atoms with E-state index in [1.54, 1.807) is 17.5 Å². The molecule has 0 aliphatic rings. The highest BCUT2D eigenvalue weighted by Crippen LogP contribution is 2.29. The lowest BCUT2D eigenvalue weighted by Gasteiger charge is -1.97. The summed E-state index contributed by atoms with van der Waals surface area (Å²) in [5, 5.41) is 4.10. The van der Waals surface area contributed by atoms with Crippen molar-refractivity contribution in [2.45, 2.75) is 6.92 Å². The van der Waals surface area contributed by atoms with Crippen molar-refractivity contribution in [2.24, 2.45) is 0 Å². The number of hydrogen-bond acceptors (Lipinski definition) is 3. The van der Waals surface area contributed by atoms with Crippen molar-refractivity contribution in [3.8, 4) is 10.7 Å². The number of nitrogen functional groups attached to an aromatic ring is 1. The molecule has 0 saturated heterocycles. The second-order valence-corrected chi connectivity index (χ2v) is 4.73. The Kier molecular flexibility index (Phi) is 1.97. The van der Waals surface area contributed by atoms with Crippen LogP contribution in [0.3, 0.4) is 0 Å². The summed E-state index contributed by atoms with van der Waals surface area (Å²) in [6.07, 6.45) is 1.81. The first-order chi connectivity index (χ1) is 7.74. The molecule has 0 atom stereocenters. The maximum Gasteiger partial charge on any atom is 0.139 e. The van der Waals surface area contributed by atoms with Gasteiger partial charge in [0.05, 0.1) is 16.9 Å². The van der Waals surface area contributed by atoms with Crippen molar-refractivity contribution in [3.05, 3.63) is 35.3 Å². The molecule has 0 aliphatic carbocycles. The molecule has 0 bridgehead atoms. The van der Waals surface area contributed by atoms with E-state index < -0.39 is 0 Å². The van der Waals surface area contributed by atoms with Crippen molar-refractivity contribution < 1.29 is 0 Å². The average Bonchev–Trinajstić information content (AvgIpc) is 2.82. The van der Waals surface area contributed by atoms with Crippen LogP contribution >= 0.6 is 11.3 Å². The molecule has 3 aromatic rings. The predicted molar refractivity (Wildman–Crippen MR) is 68.6 cm³/mol. The van der Waals surface area contributed by atoms with Crippen molar-refractivity contribution in [1.82, 2.24) is 9.97 Å². The number of anilines is 1. The molecule has 0 unspecified atom stereocenters. The monoisotopic (exact) mass is 229 g/mol. The van der Waals surface area contributed by atoms with E-state index in [1.807, 2.05) is 18.4 Å². The summed E-state index contributed by atoms with van der Waals surface area (Å²) in [5.41, 5.74) is 9.97. The molecule has 3 N–H and O–H groups in total. The summed E-state index contributed by atoms with van der Waals surface area (Å²) < 4.78 is 0. The summed E-state index contributed by atoms with van der Waals surface area (Å²) in [4.78, 5) is 7.60. The quantitative estimate of drug-likeness (QED) is 0.630. The third kappa shape index (κ3) is 1.39. The standard InChI is InChI=1S/C12H11N3S/c1-7-4-8-6-10(12-14-2-3-16-12)15-11(8)9(13)5-7/h2-6,15H,13H2,1H3. The van der Waals surface area contributed by atoms with Crippen LogP contribution in [0.5, 0.6) is 0 Å². The zero-order valence-corrected chi connectivity index (χ0v) is 9.64. The Morgan fingerprint density at radius 3 is 2.94 bits per heavy atom. The molecule has 3 rings (SSSR count). The lowest BCUT2D eigenvalue weighted by Crippen LogP contribution is -1.87. The maximum atomic E-state index is 5.98. The molecule has 2 aromatic heterocycles. The fourth-order valence-corrected chi connectivity index (χ4v) is 2.51. The van der Waals surface area contributed by atoms with Gasteiger partial charge in [-0.15, -0.1) is 11.3 Å². The number of benzene rings is 1. The highest BCUT2D eigenvalue weighted by Gasteiger charge is 2.07. The van der Waals surface area contributed by atoms with Gasteiger partial charge in [-0.25, -0.2) is 4.98 Å². The number of aromatic amines is 1. The largest absolute Gasteiger partial charge is 0.397 e. The van der Waals surface area contributed by atoms with E-state index in [1.165, 1.54) is 5.56 Å². The summed E-state index contributed by atoms with van der Waals surface area (Å²) in [7, 11) is 0. The van der Waals surface area contributed by atoms with Crippen LogP contribution in [-0.4, -0.2) is 9.97 Å². The van der Waals surface area contributed by atoms with Crippen LogP contribution in [0, 0.1) is 6.92 Å². The van der Waals surface area contributed by atoms with Gasteiger partial charge in [0.1, 0.15) is 5.01 Å². The second-order valence-electron chi connectivity index (χ2n) is 3.84. The van der Waals surface area contributed by atoms with E-state index in [2.05, 4.69) is 22.1 Å². The van der Waals surface area contributed by atoms with Crippen molar-refractivity contribution in [1.29, 1.82) is 0 Å². The number of thiazole rings is 1. The van der Waals surface area contributed by atoms with E-state index in [9.17, 15) is 0 Å². The predicted octanol–water partition coefficient (Wildman–Crippen LogP) is 3.18. The van der Waals surface area contributed by atoms with Crippen LogP contribution in [0.25, 0.3) is 21.6 Å². The van der Waals surface area contributed by atoms with E-state index in [4.69, 9.17) is 5.73 Å². The number of hydrogen-bond donors (Lipinski definition) is 2. The lowest BCUT2D eigenvalue weighted by molar-refractivity contribution is 1.36. The second kappa shape index (κ2) is 3.35. The number of H-pyrrole nitrogens is 1. The van der Waals surface area contributed by atoms with E-state index in [0.717, 1.165) is 27.3 Å². The van der Waals surface area contributed by atoms with Crippen LogP contribution in [-0.2, 0) is 0 Å². The maximum absolute atomic E-state index is 5.98. The van der Waals surface area contributed by atoms with E-state index in [0.29, 0.717) is 0 Å². The third-order valence-electron chi connectivity index (χ3n) is 2.57. The molecule has 0 aliphatic heterocycles. The SMILES string of the molecule is Cc1cc(N)c2[nH]c(-c3nccs3)cc2c1.